The van der Waals surface area contributed by atoms with Crippen molar-refractivity contribution in [1.29, 1.82) is 0 Å². The van der Waals surface area contributed by atoms with Gasteiger partial charge in [0.25, 0.3) is 11.8 Å². The van der Waals surface area contributed by atoms with Crippen LogP contribution in [0.15, 0.2) is 59.9 Å². The van der Waals surface area contributed by atoms with Gasteiger partial charge in [-0.2, -0.15) is 0 Å². The summed E-state index contributed by atoms with van der Waals surface area (Å²) in [5.74, 6) is -0.585. The van der Waals surface area contributed by atoms with Crippen molar-refractivity contribution in [1.82, 2.24) is 10.4 Å². The first-order valence-electron chi connectivity index (χ1n) is 6.64. The molecule has 0 aliphatic carbocycles. The van der Waals surface area contributed by atoms with Gasteiger partial charge in [-0.1, -0.05) is 18.2 Å². The number of aromatic nitrogens is 1. The van der Waals surface area contributed by atoms with E-state index < -0.39 is 5.91 Å². The highest BCUT2D eigenvalue weighted by Crippen LogP contribution is 2.13. The van der Waals surface area contributed by atoms with Crippen LogP contribution in [-0.2, 0) is 9.59 Å². The number of benzene rings is 1. The van der Waals surface area contributed by atoms with Gasteiger partial charge in [-0.3, -0.25) is 25.0 Å². The summed E-state index contributed by atoms with van der Waals surface area (Å²) >= 11 is 0. The van der Waals surface area contributed by atoms with Crippen molar-refractivity contribution in [2.24, 2.45) is 4.99 Å². The molecule has 2 N–H and O–H groups in total. The third-order valence-corrected chi connectivity index (χ3v) is 2.99. The zero-order valence-electron chi connectivity index (χ0n) is 11.6. The predicted molar refractivity (Wildman–Crippen MR) is 82.2 cm³/mol. The lowest BCUT2D eigenvalue weighted by Gasteiger charge is -2.27. The number of hydrazine groups is 1. The fourth-order valence-electron chi connectivity index (χ4n) is 1.96. The van der Waals surface area contributed by atoms with Crippen LogP contribution in [0.25, 0.3) is 0 Å². The van der Waals surface area contributed by atoms with E-state index in [1.54, 1.807) is 30.5 Å². The monoisotopic (exact) mass is 295 g/mol. The quantitative estimate of drug-likeness (QED) is 0.883. The number of para-hydroxylation sites is 1. The van der Waals surface area contributed by atoms with E-state index in [2.05, 4.69) is 20.7 Å². The second-order valence-corrected chi connectivity index (χ2v) is 4.54. The Bertz CT molecular complexity index is 715. The number of anilines is 2. The smallest absolute Gasteiger partial charge is 0.292 e. The molecule has 0 saturated heterocycles. The highest BCUT2D eigenvalue weighted by molar-refractivity contribution is 6.43. The second-order valence-electron chi connectivity index (χ2n) is 4.54. The normalized spacial score (nSPS) is 14.1. The zero-order valence-corrected chi connectivity index (χ0v) is 11.6. The summed E-state index contributed by atoms with van der Waals surface area (Å²) in [5, 5.41) is 3.98. The highest BCUT2D eigenvalue weighted by atomic mass is 16.2. The molecule has 0 radical (unpaired) electrons. The minimum atomic E-state index is -0.429. The van der Waals surface area contributed by atoms with E-state index in [0.29, 0.717) is 11.4 Å². The summed E-state index contributed by atoms with van der Waals surface area (Å²) in [5.41, 5.74) is 3.94. The molecule has 0 unspecified atom stereocenters. The molecule has 2 amide bonds. The zero-order chi connectivity index (χ0) is 15.4. The van der Waals surface area contributed by atoms with Gasteiger partial charge in [0, 0.05) is 6.20 Å². The van der Waals surface area contributed by atoms with Crippen molar-refractivity contribution in [3.05, 3.63) is 54.9 Å². The van der Waals surface area contributed by atoms with E-state index in [1.165, 1.54) is 11.2 Å². The molecular weight excluding hydrogens is 282 g/mol. The van der Waals surface area contributed by atoms with Gasteiger partial charge in [-0.15, -0.1) is 0 Å². The first-order valence-corrected chi connectivity index (χ1v) is 6.64. The fraction of sp³-hybridized carbons (Fsp3) is 0.0667. The molecule has 7 nitrogen and oxygen atoms in total. The van der Waals surface area contributed by atoms with Crippen molar-refractivity contribution < 1.29 is 9.59 Å². The van der Waals surface area contributed by atoms with Crippen LogP contribution in [0.5, 0.6) is 0 Å². The topological polar surface area (TPSA) is 86.7 Å². The molecule has 2 aromatic rings. The Morgan fingerprint density at radius 1 is 1.18 bits per heavy atom. The molecule has 1 aromatic carbocycles. The van der Waals surface area contributed by atoms with E-state index in [-0.39, 0.29) is 18.3 Å². The first-order chi connectivity index (χ1) is 10.7. The van der Waals surface area contributed by atoms with E-state index in [0.717, 1.165) is 0 Å². The van der Waals surface area contributed by atoms with Crippen molar-refractivity contribution in [2.75, 3.05) is 16.9 Å². The summed E-state index contributed by atoms with van der Waals surface area (Å²) in [6.07, 6.45) is 3.14. The lowest BCUT2D eigenvalue weighted by atomic mass is 10.3. The Hall–Kier alpha value is -3.22. The number of hydrogen-bond acceptors (Lipinski definition) is 5. The van der Waals surface area contributed by atoms with Gasteiger partial charge in [-0.05, 0) is 24.3 Å². The van der Waals surface area contributed by atoms with Crippen molar-refractivity contribution in [3.63, 3.8) is 0 Å². The van der Waals surface area contributed by atoms with E-state index in [4.69, 9.17) is 0 Å². The molecule has 1 aliphatic rings. The molecule has 0 atom stereocenters. The third-order valence-electron chi connectivity index (χ3n) is 2.99. The van der Waals surface area contributed by atoms with E-state index >= 15 is 0 Å². The maximum absolute atomic E-state index is 12.2. The summed E-state index contributed by atoms with van der Waals surface area (Å²) < 4.78 is 0. The predicted octanol–water partition coefficient (Wildman–Crippen LogP) is 0.970. The molecule has 22 heavy (non-hydrogen) atoms. The van der Waals surface area contributed by atoms with Crippen molar-refractivity contribution in [3.8, 4) is 0 Å². The SMILES string of the molecule is O=C(Nc1cccnc1)C1=NCC(=O)N(c2ccccc2)N1. The number of rotatable bonds is 3. The largest absolute Gasteiger partial charge is 0.318 e. The molecule has 0 spiro atoms. The number of pyridine rings is 1. The van der Waals surface area contributed by atoms with Crippen LogP contribution < -0.4 is 15.8 Å². The maximum Gasteiger partial charge on any atom is 0.292 e. The lowest BCUT2D eigenvalue weighted by Crippen LogP contribution is -2.54. The average molecular weight is 295 g/mol. The summed E-state index contributed by atoms with van der Waals surface area (Å²) in [4.78, 5) is 32.0. The average Bonchev–Trinajstić information content (AvgIpc) is 2.57. The lowest BCUT2D eigenvalue weighted by molar-refractivity contribution is -0.118. The van der Waals surface area contributed by atoms with E-state index in [1.807, 2.05) is 18.2 Å². The van der Waals surface area contributed by atoms with Crippen LogP contribution in [0.2, 0.25) is 0 Å². The number of nitrogens with one attached hydrogen (secondary N) is 2. The highest BCUT2D eigenvalue weighted by Gasteiger charge is 2.25. The van der Waals surface area contributed by atoms with Crippen LogP contribution in [-0.4, -0.2) is 29.2 Å². The van der Waals surface area contributed by atoms with Gasteiger partial charge in [-0.25, -0.2) is 5.01 Å². The van der Waals surface area contributed by atoms with Crippen molar-refractivity contribution in [2.45, 2.75) is 0 Å². The second kappa shape index (κ2) is 6.04. The Labute approximate surface area is 126 Å². The van der Waals surface area contributed by atoms with Crippen LogP contribution in [0.4, 0.5) is 11.4 Å². The Morgan fingerprint density at radius 3 is 2.73 bits per heavy atom. The Morgan fingerprint density at radius 2 is 2.00 bits per heavy atom. The number of carbonyl (C=O) groups is 2. The van der Waals surface area contributed by atoms with Crippen LogP contribution in [0.1, 0.15) is 0 Å². The first kappa shape index (κ1) is 13.7. The number of amidine groups is 1. The molecule has 1 aromatic heterocycles. The number of amides is 2. The number of carbonyl (C=O) groups excluding carboxylic acids is 2. The molecule has 0 saturated carbocycles. The maximum atomic E-state index is 12.2. The molecule has 3 rings (SSSR count). The van der Waals surface area contributed by atoms with Gasteiger partial charge in [0.2, 0.25) is 5.84 Å². The molecule has 1 aliphatic heterocycles. The summed E-state index contributed by atoms with van der Waals surface area (Å²) in [6, 6.07) is 12.4. The molecule has 0 fully saturated rings. The number of nitrogens with zero attached hydrogens (tertiary/aromatic N) is 3. The minimum Gasteiger partial charge on any atom is -0.318 e. The van der Waals surface area contributed by atoms with E-state index in [9.17, 15) is 9.59 Å². The molecule has 2 heterocycles. The number of aliphatic imine (C=N–C) groups is 1. The van der Waals surface area contributed by atoms with Gasteiger partial charge in [0.15, 0.2) is 0 Å². The molecule has 0 bridgehead atoms. The van der Waals surface area contributed by atoms with Gasteiger partial charge >= 0.3 is 0 Å². The molecule has 110 valence electrons. The van der Waals surface area contributed by atoms with Crippen molar-refractivity contribution >= 4 is 29.0 Å². The number of hydrogen-bond donors (Lipinski definition) is 2. The summed E-state index contributed by atoms with van der Waals surface area (Å²) in [7, 11) is 0. The van der Waals surface area contributed by atoms with Crippen LogP contribution >= 0.6 is 0 Å². The summed E-state index contributed by atoms with van der Waals surface area (Å²) in [6.45, 7) is -0.0856. The van der Waals surface area contributed by atoms with Gasteiger partial charge in [0.1, 0.15) is 6.54 Å². The van der Waals surface area contributed by atoms with Gasteiger partial charge in [0.05, 0.1) is 17.6 Å². The molecule has 7 heteroatoms. The van der Waals surface area contributed by atoms with Gasteiger partial charge < -0.3 is 5.32 Å². The fourth-order valence-corrected chi connectivity index (χ4v) is 1.96. The standard InChI is InChI=1S/C15H13N5O2/c21-13-10-17-14(15(22)18-11-5-4-8-16-9-11)19-20(13)12-6-2-1-3-7-12/h1-9H,10H2,(H,17,19)(H,18,22). The Balaban J connectivity index is 1.75. The third kappa shape index (κ3) is 2.93. The van der Waals surface area contributed by atoms with Crippen LogP contribution in [0.3, 0.4) is 0 Å². The molecular formula is C15H13N5O2. The minimum absolute atomic E-state index is 0.0762. The van der Waals surface area contributed by atoms with Crippen LogP contribution in [0, 0.1) is 0 Å². The Kier molecular flexibility index (Phi) is 3.78.